The molecule has 1 fully saturated rings. The van der Waals surface area contributed by atoms with Gasteiger partial charge in [0.1, 0.15) is 0 Å². The van der Waals surface area contributed by atoms with E-state index in [0.717, 1.165) is 0 Å². The Morgan fingerprint density at radius 1 is 0.289 bits per heavy atom. The molecule has 1 rings (SSSR count). The summed E-state index contributed by atoms with van der Waals surface area (Å²) >= 11 is 75.5. The van der Waals surface area contributed by atoms with E-state index in [1.807, 2.05) is 0 Å². The Kier molecular flexibility index (Phi) is 25.3. The van der Waals surface area contributed by atoms with Crippen molar-refractivity contribution in [2.75, 3.05) is 52.4 Å². The molecule has 38 heavy (non-hydrogen) atoms. The number of quaternary nitrogens is 2. The summed E-state index contributed by atoms with van der Waals surface area (Å²) in [5, 5.41) is 0. The normalized spacial score (nSPS) is 21.8. The van der Waals surface area contributed by atoms with E-state index >= 15 is 0 Å². The van der Waals surface area contributed by atoms with Crippen LogP contribution in [0.25, 0.3) is 0 Å². The molecule has 0 radical (unpaired) electrons. The van der Waals surface area contributed by atoms with E-state index in [4.69, 9.17) is 133 Å². The first-order valence-corrected chi connectivity index (χ1v) is 42.1. The van der Waals surface area contributed by atoms with Gasteiger partial charge in [-0.25, -0.2) is 0 Å². The summed E-state index contributed by atoms with van der Waals surface area (Å²) in [5.41, 5.74) is -22.0. The van der Waals surface area contributed by atoms with Crippen LogP contribution in [0.5, 0.6) is 0 Å². The van der Waals surface area contributed by atoms with Crippen LogP contribution in [0.3, 0.4) is 0 Å². The molecule has 0 aliphatic carbocycles. The monoisotopic (exact) mass is 918 g/mol. The molecule has 2 nitrogen and oxygen atoms in total. The summed E-state index contributed by atoms with van der Waals surface area (Å²) in [4.78, 5) is 0. The van der Waals surface area contributed by atoms with E-state index in [1.54, 1.807) is 0 Å². The molecule has 0 atom stereocenters. The van der Waals surface area contributed by atoms with Gasteiger partial charge in [-0.3, -0.25) is 0 Å². The largest absolute Gasteiger partial charge is 1.00 e. The van der Waals surface area contributed by atoms with Crippen LogP contribution in [0.4, 0.5) is 0 Å². The Morgan fingerprint density at radius 3 is 0.395 bits per heavy atom. The van der Waals surface area contributed by atoms with Crippen LogP contribution in [-0.4, -0.2) is 95.7 Å². The number of halogens is 14. The number of hydrogen-bond acceptors (Lipinski definition) is 0. The van der Waals surface area contributed by atoms with Crippen molar-refractivity contribution in [3.8, 4) is 0 Å². The highest BCUT2D eigenvalue weighted by Crippen LogP contribution is 2.66. The Morgan fingerprint density at radius 2 is 0.368 bits per heavy atom. The van der Waals surface area contributed by atoms with Crippen LogP contribution >= 0.6 is 133 Å². The first kappa shape index (κ1) is 50.1. The highest BCUT2D eigenvalue weighted by Gasteiger charge is 2.95. The Bertz CT molecular complexity index is 507. The second-order valence-electron chi connectivity index (χ2n) is 8.66. The molecule has 0 N–H and O–H groups in total. The second kappa shape index (κ2) is 19.2. The molecular formula is C16H40Cl14N2Si6. The van der Waals surface area contributed by atoms with Crippen molar-refractivity contribution in [3.63, 3.8) is 0 Å². The standard InChI is InChI=1S/2C8H20N.Cl12Si6.2ClH/c2*1-5-9(6-2,7-3)8-4;1-13(2)14(3,4)16(7,8)18(11,12)17(9,10)15(13,5)6;;/h2*5-8H2,1-4H3;;2*1H/q2*+1;;;/p-2. The van der Waals surface area contributed by atoms with E-state index in [2.05, 4.69) is 55.4 Å². The minimum Gasteiger partial charge on any atom is -1.00 e. The van der Waals surface area contributed by atoms with Crippen molar-refractivity contribution in [3.05, 3.63) is 0 Å². The van der Waals surface area contributed by atoms with Gasteiger partial charge in [0.25, 0.3) is 34.4 Å². The van der Waals surface area contributed by atoms with Crippen LogP contribution in [-0.2, 0) is 0 Å². The molecule has 1 aliphatic heterocycles. The van der Waals surface area contributed by atoms with Gasteiger partial charge in [-0.15, -0.1) is 133 Å². The maximum Gasteiger partial charge on any atom is 0.295 e. The lowest BCUT2D eigenvalue weighted by molar-refractivity contribution is -0.921. The minimum absolute atomic E-state index is 0. The van der Waals surface area contributed by atoms with Crippen LogP contribution in [0.2, 0.25) is 0 Å². The van der Waals surface area contributed by atoms with Crippen LogP contribution in [0.15, 0.2) is 0 Å². The van der Waals surface area contributed by atoms with Gasteiger partial charge in [0.15, 0.2) is 0 Å². The van der Waals surface area contributed by atoms with E-state index in [-0.39, 0.29) is 24.8 Å². The third-order valence-electron chi connectivity index (χ3n) is 7.73. The molecule has 0 spiro atoms. The third-order valence-corrected chi connectivity index (χ3v) is 197. The Labute approximate surface area is 305 Å². The molecule has 0 aromatic heterocycles. The predicted molar refractivity (Wildman–Crippen MR) is 190 cm³/mol. The summed E-state index contributed by atoms with van der Waals surface area (Å²) in [6.45, 7) is 28.4. The quantitative estimate of drug-likeness (QED) is 0.198. The number of rotatable bonds is 8. The van der Waals surface area contributed by atoms with Crippen LogP contribution in [0.1, 0.15) is 55.4 Å². The van der Waals surface area contributed by atoms with Gasteiger partial charge in [-0.1, -0.05) is 0 Å². The number of nitrogens with zero attached hydrogens (tertiary/aromatic N) is 2. The van der Waals surface area contributed by atoms with E-state index in [0.29, 0.717) is 0 Å². The van der Waals surface area contributed by atoms with Crippen molar-refractivity contribution in [1.29, 1.82) is 0 Å². The zero-order valence-corrected chi connectivity index (χ0v) is 39.4. The van der Waals surface area contributed by atoms with Gasteiger partial charge in [0.05, 0.1) is 52.4 Å². The molecule has 22 heteroatoms. The fraction of sp³-hybridized carbons (Fsp3) is 1.00. The maximum atomic E-state index is 6.29. The van der Waals surface area contributed by atoms with Gasteiger partial charge in [0, 0.05) is 0 Å². The lowest BCUT2D eigenvalue weighted by Crippen LogP contribution is -3.00. The van der Waals surface area contributed by atoms with Crippen molar-refractivity contribution in [1.82, 2.24) is 0 Å². The molecule has 0 bridgehead atoms. The second-order valence-corrected chi connectivity index (χ2v) is 98.3. The highest BCUT2D eigenvalue weighted by atomic mass is 35.8. The summed E-state index contributed by atoms with van der Waals surface area (Å²) in [5.74, 6) is 0. The van der Waals surface area contributed by atoms with Gasteiger partial charge in [-0.2, -0.15) is 0 Å². The molecule has 0 aromatic rings. The zero-order valence-electron chi connectivity index (χ0n) is 22.8. The molecule has 0 saturated carbocycles. The summed E-state index contributed by atoms with van der Waals surface area (Å²) in [7, 11) is 0. The van der Waals surface area contributed by atoms with Crippen molar-refractivity contribution in [2.45, 2.75) is 55.4 Å². The van der Waals surface area contributed by atoms with E-state index < -0.39 is 34.4 Å². The third kappa shape index (κ3) is 9.66. The average molecular weight is 925 g/mol. The SMILES string of the molecule is CC[N+](CC)(CC)CC.CC[N+](CC)(CC)CC.Cl[Si]1(Cl)[Si](Cl)(Cl)[Si](Cl)(Cl)[Si](Cl)(Cl)[Si](Cl)(Cl)[Si]1(Cl)Cl.[Cl-].[Cl-]. The zero-order chi connectivity index (χ0) is 29.7. The molecule has 0 amide bonds. The van der Waals surface area contributed by atoms with E-state index in [9.17, 15) is 0 Å². The topological polar surface area (TPSA) is 0 Å². The van der Waals surface area contributed by atoms with Crippen LogP contribution < -0.4 is 24.8 Å². The van der Waals surface area contributed by atoms with Gasteiger partial charge < -0.3 is 33.8 Å². The average Bonchev–Trinajstić information content (AvgIpc) is 2.82. The summed E-state index contributed by atoms with van der Waals surface area (Å²) in [6.07, 6.45) is 0. The summed E-state index contributed by atoms with van der Waals surface area (Å²) < 4.78 is 2.56. The number of hydrogen-bond donors (Lipinski definition) is 0. The van der Waals surface area contributed by atoms with Gasteiger partial charge in [-0.05, 0) is 55.4 Å². The molecule has 0 aromatic carbocycles. The molecular weight excluding hydrogens is 885 g/mol. The Balaban J connectivity index is -0.000000247. The lowest BCUT2D eigenvalue weighted by Gasteiger charge is -2.54. The highest BCUT2D eigenvalue weighted by molar-refractivity contribution is 8.52. The predicted octanol–water partition coefficient (Wildman–Crippen LogP) is 3.76. The fourth-order valence-corrected chi connectivity index (χ4v) is 290. The molecule has 1 aliphatic rings. The maximum absolute atomic E-state index is 6.29. The minimum atomic E-state index is -3.66. The lowest BCUT2D eigenvalue weighted by atomic mass is 10.3. The molecule has 236 valence electrons. The van der Waals surface area contributed by atoms with E-state index in [1.165, 1.54) is 61.3 Å². The van der Waals surface area contributed by atoms with Gasteiger partial charge >= 0.3 is 0 Å². The van der Waals surface area contributed by atoms with Crippen molar-refractivity contribution >= 4 is 167 Å². The van der Waals surface area contributed by atoms with Crippen molar-refractivity contribution in [2.24, 2.45) is 0 Å². The molecule has 0 unspecified atom stereocenters. The summed E-state index contributed by atoms with van der Waals surface area (Å²) in [6, 6.07) is 0. The smallest absolute Gasteiger partial charge is 0.295 e. The van der Waals surface area contributed by atoms with Crippen LogP contribution in [0, 0.1) is 0 Å². The first-order chi connectivity index (χ1) is 16.0. The van der Waals surface area contributed by atoms with Crippen molar-refractivity contribution < 1.29 is 33.8 Å². The van der Waals surface area contributed by atoms with Gasteiger partial charge in [0.2, 0.25) is 0 Å². The fourth-order valence-electron chi connectivity index (χ4n) is 3.87. The Hall–Kier alpha value is 5.28. The first-order valence-electron chi connectivity index (χ1n) is 12.0. The molecule has 1 saturated heterocycles. The molecule has 1 heterocycles.